The van der Waals surface area contributed by atoms with Crippen LogP contribution < -0.4 is 10.1 Å². The molecule has 2 rings (SSSR count). The van der Waals surface area contributed by atoms with Crippen molar-refractivity contribution in [2.24, 2.45) is 0 Å². The third-order valence-electron chi connectivity index (χ3n) is 3.07. The Kier molecular flexibility index (Phi) is 6.12. The van der Waals surface area contributed by atoms with E-state index in [1.807, 2.05) is 18.2 Å². The topological polar surface area (TPSA) is 63.9 Å². The second kappa shape index (κ2) is 8.34. The van der Waals surface area contributed by atoms with Crippen molar-refractivity contribution >= 4 is 0 Å². The molecular weight excluding hydrogens is 270 g/mol. The standard InChI is InChI=1S/C16H21NO4/c1-19-14-5-6-16(18)13(10-14)11-17-7-3-8-20-12-15-4-2-9-21-15/h2,4-6,9-10,17-18H,3,7-8,11-12H2,1H3. The number of rotatable bonds is 9. The first-order valence-electron chi connectivity index (χ1n) is 6.96. The smallest absolute Gasteiger partial charge is 0.129 e. The molecule has 1 aromatic carbocycles. The Labute approximate surface area is 124 Å². The lowest BCUT2D eigenvalue weighted by Crippen LogP contribution is -2.16. The summed E-state index contributed by atoms with van der Waals surface area (Å²) in [6.45, 7) is 2.58. The molecule has 0 radical (unpaired) electrons. The van der Waals surface area contributed by atoms with Gasteiger partial charge in [-0.15, -0.1) is 0 Å². The van der Waals surface area contributed by atoms with Gasteiger partial charge in [0.1, 0.15) is 23.9 Å². The summed E-state index contributed by atoms with van der Waals surface area (Å²) in [6, 6.07) is 8.95. The van der Waals surface area contributed by atoms with Crippen molar-refractivity contribution in [3.63, 3.8) is 0 Å². The van der Waals surface area contributed by atoms with Crippen molar-refractivity contribution in [1.29, 1.82) is 0 Å². The van der Waals surface area contributed by atoms with E-state index in [0.717, 1.165) is 30.0 Å². The Morgan fingerprint density at radius 1 is 1.29 bits per heavy atom. The molecule has 2 aromatic rings. The number of benzene rings is 1. The van der Waals surface area contributed by atoms with E-state index < -0.39 is 0 Å². The fraction of sp³-hybridized carbons (Fsp3) is 0.375. The van der Waals surface area contributed by atoms with Gasteiger partial charge < -0.3 is 24.3 Å². The van der Waals surface area contributed by atoms with Crippen LogP contribution in [0.4, 0.5) is 0 Å². The summed E-state index contributed by atoms with van der Waals surface area (Å²) in [5.74, 6) is 1.85. The van der Waals surface area contributed by atoms with Crippen LogP contribution in [0, 0.1) is 0 Å². The molecule has 1 aromatic heterocycles. The molecule has 0 atom stereocenters. The highest BCUT2D eigenvalue weighted by Gasteiger charge is 2.02. The zero-order valence-corrected chi connectivity index (χ0v) is 12.2. The summed E-state index contributed by atoms with van der Waals surface area (Å²) in [5.41, 5.74) is 0.825. The largest absolute Gasteiger partial charge is 0.508 e. The molecule has 0 fully saturated rings. The Bertz CT molecular complexity index is 525. The number of methoxy groups -OCH3 is 1. The number of phenols is 1. The maximum atomic E-state index is 9.75. The summed E-state index contributed by atoms with van der Waals surface area (Å²) < 4.78 is 15.8. The summed E-state index contributed by atoms with van der Waals surface area (Å²) >= 11 is 0. The fourth-order valence-corrected chi connectivity index (χ4v) is 1.92. The summed E-state index contributed by atoms with van der Waals surface area (Å²) in [4.78, 5) is 0. The van der Waals surface area contributed by atoms with E-state index >= 15 is 0 Å². The van der Waals surface area contributed by atoms with E-state index in [-0.39, 0.29) is 5.75 Å². The predicted octanol–water partition coefficient (Wildman–Crippen LogP) is 2.69. The second-order valence-electron chi connectivity index (χ2n) is 4.66. The molecule has 0 unspecified atom stereocenters. The molecule has 21 heavy (non-hydrogen) atoms. The quantitative estimate of drug-likeness (QED) is 0.695. The second-order valence-corrected chi connectivity index (χ2v) is 4.66. The van der Waals surface area contributed by atoms with Crippen LogP contribution in [0.25, 0.3) is 0 Å². The first-order valence-corrected chi connectivity index (χ1v) is 6.96. The maximum absolute atomic E-state index is 9.75. The van der Waals surface area contributed by atoms with Gasteiger partial charge in [0.05, 0.1) is 13.4 Å². The third-order valence-corrected chi connectivity index (χ3v) is 3.07. The van der Waals surface area contributed by atoms with Crippen LogP contribution in [0.5, 0.6) is 11.5 Å². The molecule has 5 heteroatoms. The highest BCUT2D eigenvalue weighted by Crippen LogP contribution is 2.22. The summed E-state index contributed by atoms with van der Waals surface area (Å²) in [5, 5.41) is 13.0. The van der Waals surface area contributed by atoms with Crippen LogP contribution in [-0.2, 0) is 17.9 Å². The van der Waals surface area contributed by atoms with Gasteiger partial charge in [0.25, 0.3) is 0 Å². The Hall–Kier alpha value is -1.98. The van der Waals surface area contributed by atoms with Crippen molar-refractivity contribution in [1.82, 2.24) is 5.32 Å². The molecule has 0 aliphatic heterocycles. The Balaban J connectivity index is 1.59. The van der Waals surface area contributed by atoms with E-state index in [9.17, 15) is 5.11 Å². The van der Waals surface area contributed by atoms with Crippen LogP contribution in [-0.4, -0.2) is 25.4 Å². The number of aromatic hydroxyl groups is 1. The first kappa shape index (κ1) is 15.4. The normalized spacial score (nSPS) is 10.7. The van der Waals surface area contributed by atoms with Gasteiger partial charge in [-0.1, -0.05) is 0 Å². The average Bonchev–Trinajstić information content (AvgIpc) is 3.01. The van der Waals surface area contributed by atoms with Gasteiger partial charge in [-0.3, -0.25) is 0 Å². The number of phenolic OH excluding ortho intramolecular Hbond substituents is 1. The van der Waals surface area contributed by atoms with Gasteiger partial charge >= 0.3 is 0 Å². The van der Waals surface area contributed by atoms with Crippen LogP contribution in [0.1, 0.15) is 17.7 Å². The molecule has 0 saturated heterocycles. The van der Waals surface area contributed by atoms with Gasteiger partial charge in [-0.05, 0) is 43.3 Å². The number of nitrogens with one attached hydrogen (secondary N) is 1. The highest BCUT2D eigenvalue weighted by atomic mass is 16.5. The van der Waals surface area contributed by atoms with E-state index in [0.29, 0.717) is 19.8 Å². The lowest BCUT2D eigenvalue weighted by Gasteiger charge is -2.09. The molecule has 2 N–H and O–H groups in total. The SMILES string of the molecule is COc1ccc(O)c(CNCCCOCc2ccco2)c1. The fourth-order valence-electron chi connectivity index (χ4n) is 1.92. The van der Waals surface area contributed by atoms with Gasteiger partial charge in [-0.2, -0.15) is 0 Å². The number of ether oxygens (including phenoxy) is 2. The third kappa shape index (κ3) is 5.13. The first-order chi connectivity index (χ1) is 10.3. The van der Waals surface area contributed by atoms with E-state index in [2.05, 4.69) is 5.32 Å². The molecule has 0 saturated carbocycles. The van der Waals surface area contributed by atoms with Crippen LogP contribution >= 0.6 is 0 Å². The molecule has 114 valence electrons. The number of hydrogen-bond donors (Lipinski definition) is 2. The van der Waals surface area contributed by atoms with Crippen molar-refractivity contribution < 1.29 is 19.0 Å². The van der Waals surface area contributed by atoms with Crippen molar-refractivity contribution in [2.75, 3.05) is 20.3 Å². The van der Waals surface area contributed by atoms with Crippen molar-refractivity contribution in [3.8, 4) is 11.5 Å². The lowest BCUT2D eigenvalue weighted by molar-refractivity contribution is 0.104. The minimum absolute atomic E-state index is 0.275. The van der Waals surface area contributed by atoms with Gasteiger partial charge in [0.15, 0.2) is 0 Å². The molecule has 0 aliphatic rings. The number of hydrogen-bond acceptors (Lipinski definition) is 5. The lowest BCUT2D eigenvalue weighted by atomic mass is 10.2. The monoisotopic (exact) mass is 291 g/mol. The van der Waals surface area contributed by atoms with Gasteiger partial charge in [0, 0.05) is 18.7 Å². The maximum Gasteiger partial charge on any atom is 0.129 e. The van der Waals surface area contributed by atoms with Gasteiger partial charge in [-0.25, -0.2) is 0 Å². The average molecular weight is 291 g/mol. The van der Waals surface area contributed by atoms with Crippen LogP contribution in [0.3, 0.4) is 0 Å². The molecule has 0 spiro atoms. The van der Waals surface area contributed by atoms with E-state index in [4.69, 9.17) is 13.9 Å². The molecule has 1 heterocycles. The Morgan fingerprint density at radius 3 is 2.95 bits per heavy atom. The number of furan rings is 1. The minimum atomic E-state index is 0.275. The molecule has 0 amide bonds. The zero-order valence-electron chi connectivity index (χ0n) is 12.2. The molecular formula is C16H21NO4. The Morgan fingerprint density at radius 2 is 2.19 bits per heavy atom. The van der Waals surface area contributed by atoms with Crippen molar-refractivity contribution in [2.45, 2.75) is 19.6 Å². The predicted molar refractivity (Wildman–Crippen MR) is 79.3 cm³/mol. The van der Waals surface area contributed by atoms with Gasteiger partial charge in [0.2, 0.25) is 0 Å². The van der Waals surface area contributed by atoms with E-state index in [1.54, 1.807) is 25.5 Å². The summed E-state index contributed by atoms with van der Waals surface area (Å²) in [7, 11) is 1.61. The zero-order chi connectivity index (χ0) is 14.9. The van der Waals surface area contributed by atoms with Crippen LogP contribution in [0.2, 0.25) is 0 Å². The van der Waals surface area contributed by atoms with E-state index in [1.165, 1.54) is 0 Å². The van der Waals surface area contributed by atoms with Crippen molar-refractivity contribution in [3.05, 3.63) is 47.9 Å². The highest BCUT2D eigenvalue weighted by molar-refractivity contribution is 5.39. The molecule has 0 aliphatic carbocycles. The molecule has 0 bridgehead atoms. The minimum Gasteiger partial charge on any atom is -0.508 e. The summed E-state index contributed by atoms with van der Waals surface area (Å²) in [6.07, 6.45) is 2.53. The van der Waals surface area contributed by atoms with Crippen LogP contribution in [0.15, 0.2) is 41.0 Å². The molecule has 5 nitrogen and oxygen atoms in total.